The van der Waals surface area contributed by atoms with Gasteiger partial charge in [-0.15, -0.1) is 0 Å². The topological polar surface area (TPSA) is 84.9 Å². The Morgan fingerprint density at radius 3 is 2.42 bits per heavy atom. The van der Waals surface area contributed by atoms with Gasteiger partial charge >= 0.3 is 0 Å². The van der Waals surface area contributed by atoms with E-state index >= 15 is 0 Å². The molecule has 1 saturated heterocycles. The molecule has 0 aliphatic carbocycles. The van der Waals surface area contributed by atoms with Gasteiger partial charge in [0.2, 0.25) is 10.0 Å². The molecule has 2 aromatic rings. The quantitative estimate of drug-likeness (QED) is 0.529. The summed E-state index contributed by atoms with van der Waals surface area (Å²) in [6.45, 7) is 7.59. The highest BCUT2D eigenvalue weighted by atomic mass is 32.2. The second-order valence-corrected chi connectivity index (χ2v) is 10.3. The summed E-state index contributed by atoms with van der Waals surface area (Å²) >= 11 is 0. The fraction of sp³-hybridized carbons (Fsp3) is 0.480. The number of sulfonamides is 1. The molecule has 7 nitrogen and oxygen atoms in total. The molecule has 0 radical (unpaired) electrons. The van der Waals surface area contributed by atoms with Gasteiger partial charge in [0.1, 0.15) is 18.1 Å². The van der Waals surface area contributed by atoms with Crippen molar-refractivity contribution in [1.82, 2.24) is 9.62 Å². The molecule has 33 heavy (non-hydrogen) atoms. The fourth-order valence-electron chi connectivity index (χ4n) is 3.73. The molecule has 1 N–H and O–H groups in total. The van der Waals surface area contributed by atoms with E-state index in [0.29, 0.717) is 37.6 Å². The molecule has 180 valence electrons. The van der Waals surface area contributed by atoms with Gasteiger partial charge < -0.3 is 14.8 Å². The first-order chi connectivity index (χ1) is 15.8. The number of benzene rings is 2. The molecular weight excluding hydrogens is 440 g/mol. The van der Waals surface area contributed by atoms with Crippen LogP contribution in [0.15, 0.2) is 47.4 Å². The fourth-order valence-corrected chi connectivity index (χ4v) is 5.25. The van der Waals surface area contributed by atoms with Crippen molar-refractivity contribution in [3.63, 3.8) is 0 Å². The van der Waals surface area contributed by atoms with E-state index in [1.165, 1.54) is 0 Å². The first-order valence-corrected chi connectivity index (χ1v) is 13.0. The van der Waals surface area contributed by atoms with Gasteiger partial charge in [-0.25, -0.2) is 8.42 Å². The van der Waals surface area contributed by atoms with Crippen molar-refractivity contribution in [2.75, 3.05) is 26.2 Å². The summed E-state index contributed by atoms with van der Waals surface area (Å²) in [7, 11) is -3.45. The summed E-state index contributed by atoms with van der Waals surface area (Å²) in [6, 6.07) is 12.4. The van der Waals surface area contributed by atoms with Crippen molar-refractivity contribution in [2.45, 2.75) is 57.5 Å². The number of rotatable bonds is 10. The molecule has 0 aromatic heterocycles. The zero-order valence-corrected chi connectivity index (χ0v) is 20.5. The molecule has 1 fully saturated rings. The summed E-state index contributed by atoms with van der Waals surface area (Å²) in [5.74, 6) is 1.08. The number of nitrogens with one attached hydrogen (secondary N) is 1. The number of piperidine rings is 1. The molecule has 1 atom stereocenters. The van der Waals surface area contributed by atoms with Crippen LogP contribution in [0.3, 0.4) is 0 Å². The van der Waals surface area contributed by atoms with E-state index in [1.54, 1.807) is 28.6 Å². The molecule has 1 aliphatic rings. The zero-order valence-electron chi connectivity index (χ0n) is 19.7. The number of nitrogens with zero attached hydrogens (tertiary/aromatic N) is 1. The van der Waals surface area contributed by atoms with Gasteiger partial charge in [-0.1, -0.05) is 25.5 Å². The van der Waals surface area contributed by atoms with Gasteiger partial charge in [-0.05, 0) is 74.6 Å². The third-order valence-electron chi connectivity index (χ3n) is 5.72. The van der Waals surface area contributed by atoms with Crippen molar-refractivity contribution in [3.05, 3.63) is 53.6 Å². The standard InChI is InChI=1S/C25H34N2O5S/c1-4-23(32-24-18-19(2)8-9-20(24)3)25(28)26-14-17-31-21-10-12-22(13-11-21)33(29,30)27-15-6-5-7-16-27/h8-13,18,23H,4-7,14-17H2,1-3H3,(H,26,28)/t23-/m1/s1. The molecule has 0 bridgehead atoms. The number of hydrogen-bond acceptors (Lipinski definition) is 5. The number of carbonyl (C=O) groups excluding carboxylic acids is 1. The van der Waals surface area contributed by atoms with E-state index in [2.05, 4.69) is 5.32 Å². The third-order valence-corrected chi connectivity index (χ3v) is 7.64. The minimum Gasteiger partial charge on any atom is -0.492 e. The number of aryl methyl sites for hydroxylation is 2. The predicted octanol–water partition coefficient (Wildman–Crippen LogP) is 3.83. The monoisotopic (exact) mass is 474 g/mol. The highest BCUT2D eigenvalue weighted by Crippen LogP contribution is 2.23. The van der Waals surface area contributed by atoms with Gasteiger partial charge in [0.25, 0.3) is 5.91 Å². The Bertz CT molecular complexity index is 1030. The Hall–Kier alpha value is -2.58. The zero-order chi connectivity index (χ0) is 23.8. The van der Waals surface area contributed by atoms with Crippen LogP contribution in [0.25, 0.3) is 0 Å². The lowest BCUT2D eigenvalue weighted by molar-refractivity contribution is -0.128. The normalized spacial score (nSPS) is 15.6. The minimum atomic E-state index is -3.45. The summed E-state index contributed by atoms with van der Waals surface area (Å²) in [4.78, 5) is 12.8. The number of amides is 1. The Morgan fingerprint density at radius 1 is 1.06 bits per heavy atom. The largest absolute Gasteiger partial charge is 0.492 e. The maximum atomic E-state index is 12.7. The first kappa shape index (κ1) is 25.1. The Balaban J connectivity index is 1.47. The molecule has 1 amide bonds. The molecule has 0 unspecified atom stereocenters. The lowest BCUT2D eigenvalue weighted by atomic mass is 10.1. The van der Waals surface area contributed by atoms with E-state index < -0.39 is 16.1 Å². The van der Waals surface area contributed by atoms with E-state index in [-0.39, 0.29) is 17.4 Å². The highest BCUT2D eigenvalue weighted by molar-refractivity contribution is 7.89. The van der Waals surface area contributed by atoms with Crippen LogP contribution in [0.2, 0.25) is 0 Å². The van der Waals surface area contributed by atoms with Gasteiger partial charge in [-0.2, -0.15) is 4.31 Å². The Morgan fingerprint density at radius 2 is 1.76 bits per heavy atom. The van der Waals surface area contributed by atoms with Gasteiger partial charge in [0.15, 0.2) is 6.10 Å². The average molecular weight is 475 g/mol. The lowest BCUT2D eigenvalue weighted by Crippen LogP contribution is -2.39. The molecule has 8 heteroatoms. The molecule has 0 saturated carbocycles. The van der Waals surface area contributed by atoms with E-state index in [9.17, 15) is 13.2 Å². The second kappa shape index (κ2) is 11.5. The van der Waals surface area contributed by atoms with Crippen LogP contribution >= 0.6 is 0 Å². The molecule has 3 rings (SSSR count). The van der Waals surface area contributed by atoms with E-state index in [1.807, 2.05) is 39.0 Å². The highest BCUT2D eigenvalue weighted by Gasteiger charge is 2.25. The van der Waals surface area contributed by atoms with Crippen molar-refractivity contribution in [3.8, 4) is 11.5 Å². The summed E-state index contributed by atoms with van der Waals surface area (Å²) in [6.07, 6.45) is 2.85. The van der Waals surface area contributed by atoms with Gasteiger partial charge in [0.05, 0.1) is 11.4 Å². The van der Waals surface area contributed by atoms with Crippen molar-refractivity contribution in [1.29, 1.82) is 0 Å². The van der Waals surface area contributed by atoms with Crippen LogP contribution < -0.4 is 14.8 Å². The van der Waals surface area contributed by atoms with Gasteiger partial charge in [-0.3, -0.25) is 4.79 Å². The van der Waals surface area contributed by atoms with Crippen LogP contribution in [0.5, 0.6) is 11.5 Å². The summed E-state index contributed by atoms with van der Waals surface area (Å²) < 4.78 is 38.6. The van der Waals surface area contributed by atoms with E-state index in [0.717, 1.165) is 30.4 Å². The second-order valence-electron chi connectivity index (χ2n) is 8.36. The SMILES string of the molecule is CC[C@@H](Oc1cc(C)ccc1C)C(=O)NCCOc1ccc(S(=O)(=O)N2CCCCC2)cc1. The summed E-state index contributed by atoms with van der Waals surface area (Å²) in [5.41, 5.74) is 2.06. The number of ether oxygens (including phenoxy) is 2. The lowest BCUT2D eigenvalue weighted by Gasteiger charge is -2.25. The van der Waals surface area contributed by atoms with Crippen molar-refractivity contribution in [2.24, 2.45) is 0 Å². The maximum Gasteiger partial charge on any atom is 0.261 e. The maximum absolute atomic E-state index is 12.7. The van der Waals surface area contributed by atoms with Crippen LogP contribution in [0.4, 0.5) is 0 Å². The van der Waals surface area contributed by atoms with Crippen LogP contribution in [0, 0.1) is 13.8 Å². The van der Waals surface area contributed by atoms with Crippen LogP contribution in [-0.2, 0) is 14.8 Å². The molecular formula is C25H34N2O5S. The third kappa shape index (κ3) is 6.71. The Kier molecular flexibility index (Phi) is 8.74. The number of hydrogen-bond donors (Lipinski definition) is 1. The van der Waals surface area contributed by atoms with Crippen LogP contribution in [-0.4, -0.2) is 51.0 Å². The Labute approximate surface area is 197 Å². The first-order valence-electron chi connectivity index (χ1n) is 11.6. The molecule has 1 aliphatic heterocycles. The molecule has 2 aromatic carbocycles. The molecule has 1 heterocycles. The van der Waals surface area contributed by atoms with Crippen LogP contribution in [0.1, 0.15) is 43.7 Å². The average Bonchev–Trinajstić information content (AvgIpc) is 2.83. The number of carbonyl (C=O) groups is 1. The van der Waals surface area contributed by atoms with Crippen molar-refractivity contribution >= 4 is 15.9 Å². The molecule has 0 spiro atoms. The predicted molar refractivity (Wildman–Crippen MR) is 128 cm³/mol. The summed E-state index contributed by atoms with van der Waals surface area (Å²) in [5, 5.41) is 2.85. The van der Waals surface area contributed by atoms with E-state index in [4.69, 9.17) is 9.47 Å². The minimum absolute atomic E-state index is 0.190. The van der Waals surface area contributed by atoms with Crippen molar-refractivity contribution < 1.29 is 22.7 Å². The smallest absolute Gasteiger partial charge is 0.261 e. The van der Waals surface area contributed by atoms with Gasteiger partial charge in [0, 0.05) is 13.1 Å².